The fourth-order valence-corrected chi connectivity index (χ4v) is 5.71. The van der Waals surface area contributed by atoms with Crippen molar-refractivity contribution in [2.45, 2.75) is 25.8 Å². The van der Waals surface area contributed by atoms with Crippen LogP contribution in [-0.2, 0) is 17.8 Å². The minimum Gasteiger partial charge on any atom is -0.382 e. The minimum absolute atomic E-state index is 0.0827. The third kappa shape index (κ3) is 6.08. The number of piperazine rings is 1. The number of nitrogen functional groups attached to an aromatic ring is 1. The van der Waals surface area contributed by atoms with Crippen LogP contribution in [0, 0.1) is 0 Å². The zero-order valence-electron chi connectivity index (χ0n) is 23.5. The van der Waals surface area contributed by atoms with Crippen LogP contribution < -0.4 is 11.1 Å². The van der Waals surface area contributed by atoms with Gasteiger partial charge in [0.2, 0.25) is 5.91 Å². The Bertz CT molecular complexity index is 1630. The normalized spacial score (nSPS) is 14.7. The second kappa shape index (κ2) is 12.1. The Kier molecular flexibility index (Phi) is 7.93. The maximum Gasteiger partial charge on any atom is 0.233 e. The number of nitrogens with zero attached hydrogens (tertiary/aromatic N) is 7. The summed E-state index contributed by atoms with van der Waals surface area (Å²) in [7, 11) is 1.69. The van der Waals surface area contributed by atoms with Crippen molar-refractivity contribution >= 4 is 28.1 Å². The lowest BCUT2D eigenvalue weighted by molar-refractivity contribution is -0.122. The molecule has 10 nitrogen and oxygen atoms in total. The van der Waals surface area contributed by atoms with E-state index in [-0.39, 0.29) is 5.91 Å². The van der Waals surface area contributed by atoms with Crippen LogP contribution in [0.25, 0.3) is 27.5 Å². The van der Waals surface area contributed by atoms with Crippen LogP contribution in [0.15, 0.2) is 67.1 Å². The molecule has 2 aromatic carbocycles. The minimum atomic E-state index is 0.0827. The Morgan fingerprint density at radius 3 is 2.61 bits per heavy atom. The van der Waals surface area contributed by atoms with E-state index < -0.39 is 0 Å². The SMILES string of the molecule is CNC(=O)CN1CCN(CCCCc2cc(-c3ccc4cn(Cc5ccccc5)nc4c3)c3c(N)ncnn23)CC1. The molecule has 6 rings (SSSR count). The van der Waals surface area contributed by atoms with E-state index in [1.54, 1.807) is 7.05 Å². The maximum atomic E-state index is 11.6. The van der Waals surface area contributed by atoms with E-state index in [1.807, 2.05) is 15.3 Å². The first-order valence-corrected chi connectivity index (χ1v) is 14.4. The Morgan fingerprint density at radius 1 is 1.00 bits per heavy atom. The number of carbonyl (C=O) groups is 1. The highest BCUT2D eigenvalue weighted by Crippen LogP contribution is 2.32. The van der Waals surface area contributed by atoms with Crippen molar-refractivity contribution in [3.05, 3.63) is 78.4 Å². The van der Waals surface area contributed by atoms with Gasteiger partial charge in [0.1, 0.15) is 11.8 Å². The van der Waals surface area contributed by atoms with Gasteiger partial charge in [-0.25, -0.2) is 9.50 Å². The highest BCUT2D eigenvalue weighted by atomic mass is 16.1. The van der Waals surface area contributed by atoms with Gasteiger partial charge in [-0.2, -0.15) is 10.2 Å². The summed E-state index contributed by atoms with van der Waals surface area (Å²) < 4.78 is 3.94. The lowest BCUT2D eigenvalue weighted by Crippen LogP contribution is -2.49. The second-order valence-corrected chi connectivity index (χ2v) is 10.8. The van der Waals surface area contributed by atoms with Crippen LogP contribution in [-0.4, -0.2) is 86.4 Å². The van der Waals surface area contributed by atoms with Gasteiger partial charge in [-0.05, 0) is 49.1 Å². The summed E-state index contributed by atoms with van der Waals surface area (Å²) in [6.45, 7) is 6.16. The molecule has 0 unspecified atom stereocenters. The molecule has 3 N–H and O–H groups in total. The molecule has 5 aromatic rings. The Hall–Kier alpha value is -4.28. The maximum absolute atomic E-state index is 11.6. The van der Waals surface area contributed by atoms with E-state index in [2.05, 4.69) is 79.9 Å². The molecular formula is C31H37N9O. The van der Waals surface area contributed by atoms with E-state index in [9.17, 15) is 4.79 Å². The number of anilines is 1. The number of unbranched alkanes of at least 4 members (excludes halogenated alkanes) is 1. The fraction of sp³-hybridized carbons (Fsp3) is 0.355. The summed E-state index contributed by atoms with van der Waals surface area (Å²) in [6.07, 6.45) is 6.68. The predicted molar refractivity (Wildman–Crippen MR) is 162 cm³/mol. The van der Waals surface area contributed by atoms with Crippen LogP contribution in [0.4, 0.5) is 5.82 Å². The molecule has 212 valence electrons. The fourth-order valence-electron chi connectivity index (χ4n) is 5.71. The summed E-state index contributed by atoms with van der Waals surface area (Å²) in [4.78, 5) is 20.7. The second-order valence-electron chi connectivity index (χ2n) is 10.8. The van der Waals surface area contributed by atoms with Crippen molar-refractivity contribution in [3.63, 3.8) is 0 Å². The molecule has 0 aliphatic carbocycles. The van der Waals surface area contributed by atoms with Gasteiger partial charge >= 0.3 is 0 Å². The van der Waals surface area contributed by atoms with Gasteiger partial charge in [0.15, 0.2) is 5.82 Å². The van der Waals surface area contributed by atoms with E-state index in [0.29, 0.717) is 12.4 Å². The summed E-state index contributed by atoms with van der Waals surface area (Å²) in [5.41, 5.74) is 12.6. The third-order valence-electron chi connectivity index (χ3n) is 7.98. The summed E-state index contributed by atoms with van der Waals surface area (Å²) >= 11 is 0. The highest BCUT2D eigenvalue weighted by molar-refractivity contribution is 5.92. The van der Waals surface area contributed by atoms with Gasteiger partial charge < -0.3 is 16.0 Å². The number of benzene rings is 2. The first-order valence-electron chi connectivity index (χ1n) is 14.4. The van der Waals surface area contributed by atoms with Crippen molar-refractivity contribution < 1.29 is 4.79 Å². The van der Waals surface area contributed by atoms with Gasteiger partial charge in [0.25, 0.3) is 0 Å². The first kappa shape index (κ1) is 26.9. The molecule has 1 amide bonds. The molecule has 1 aliphatic heterocycles. The van der Waals surface area contributed by atoms with Gasteiger partial charge in [-0.3, -0.25) is 14.4 Å². The number of aryl methyl sites for hydroxylation is 1. The Balaban J connectivity index is 1.13. The van der Waals surface area contributed by atoms with Gasteiger partial charge in [0, 0.05) is 56.1 Å². The zero-order chi connectivity index (χ0) is 28.2. The highest BCUT2D eigenvalue weighted by Gasteiger charge is 2.19. The molecule has 0 bridgehead atoms. The van der Waals surface area contributed by atoms with Crippen LogP contribution in [0.1, 0.15) is 24.1 Å². The molecule has 10 heteroatoms. The van der Waals surface area contributed by atoms with Crippen molar-refractivity contribution in [2.75, 3.05) is 52.0 Å². The topological polar surface area (TPSA) is 110 Å². The van der Waals surface area contributed by atoms with Gasteiger partial charge in [0.05, 0.1) is 18.6 Å². The Morgan fingerprint density at radius 2 is 1.80 bits per heavy atom. The molecule has 0 spiro atoms. The van der Waals surface area contributed by atoms with Crippen LogP contribution in [0.5, 0.6) is 0 Å². The lowest BCUT2D eigenvalue weighted by atomic mass is 10.0. The lowest BCUT2D eigenvalue weighted by Gasteiger charge is -2.34. The van der Waals surface area contributed by atoms with Crippen molar-refractivity contribution in [3.8, 4) is 11.1 Å². The molecule has 41 heavy (non-hydrogen) atoms. The summed E-state index contributed by atoms with van der Waals surface area (Å²) in [6, 6.07) is 19.0. The molecule has 0 atom stereocenters. The smallest absolute Gasteiger partial charge is 0.233 e. The molecule has 1 aliphatic rings. The number of nitrogens with one attached hydrogen (secondary N) is 1. The standard InChI is InChI=1S/C31H37N9O/c1-33-29(41)21-38-15-13-37(14-16-38)12-6-5-9-26-18-27(30-31(32)34-22-35-40(26)30)24-10-11-25-20-39(36-28(25)17-24)19-23-7-3-2-4-8-23/h2-4,7-8,10-11,17-18,20,22H,5-6,9,12-16,19,21H2,1H3,(H,33,41)(H2,32,34,35). The average Bonchev–Trinajstić information content (AvgIpc) is 3.57. The Labute approximate surface area is 239 Å². The number of hydrogen-bond acceptors (Lipinski definition) is 7. The van der Waals surface area contributed by atoms with E-state index >= 15 is 0 Å². The molecule has 3 aromatic heterocycles. The van der Waals surface area contributed by atoms with Crippen LogP contribution >= 0.6 is 0 Å². The van der Waals surface area contributed by atoms with Crippen LogP contribution in [0.2, 0.25) is 0 Å². The average molecular weight is 552 g/mol. The first-order chi connectivity index (χ1) is 20.1. The summed E-state index contributed by atoms with van der Waals surface area (Å²) in [5.74, 6) is 0.560. The number of carbonyl (C=O) groups excluding carboxylic acids is 1. The number of fused-ring (bicyclic) bond motifs is 2. The molecule has 1 fully saturated rings. The zero-order valence-corrected chi connectivity index (χ0v) is 23.5. The third-order valence-corrected chi connectivity index (χ3v) is 7.98. The number of aromatic nitrogens is 5. The van der Waals surface area contributed by atoms with Crippen molar-refractivity contribution in [2.24, 2.45) is 0 Å². The molecular weight excluding hydrogens is 514 g/mol. The van der Waals surface area contributed by atoms with E-state index in [0.717, 1.165) is 91.8 Å². The quantitative estimate of drug-likeness (QED) is 0.257. The number of nitrogens with two attached hydrogens (primary N) is 1. The number of rotatable bonds is 10. The van der Waals surface area contributed by atoms with Gasteiger partial charge in [-0.1, -0.05) is 42.5 Å². The number of hydrogen-bond donors (Lipinski definition) is 2. The van der Waals surface area contributed by atoms with Gasteiger partial charge in [-0.15, -0.1) is 0 Å². The van der Waals surface area contributed by atoms with E-state index in [1.165, 1.54) is 11.9 Å². The largest absolute Gasteiger partial charge is 0.382 e. The predicted octanol–water partition coefficient (Wildman–Crippen LogP) is 3.06. The van der Waals surface area contributed by atoms with E-state index in [4.69, 9.17) is 10.8 Å². The van der Waals surface area contributed by atoms with Crippen molar-refractivity contribution in [1.29, 1.82) is 0 Å². The summed E-state index contributed by atoms with van der Waals surface area (Å²) in [5, 5.41) is 13.2. The molecule has 0 radical (unpaired) electrons. The monoisotopic (exact) mass is 551 g/mol. The number of likely N-dealkylation sites (N-methyl/N-ethyl adjacent to an activating group) is 1. The number of amides is 1. The molecule has 0 saturated carbocycles. The van der Waals surface area contributed by atoms with Crippen LogP contribution in [0.3, 0.4) is 0 Å². The molecule has 1 saturated heterocycles. The molecule has 4 heterocycles. The van der Waals surface area contributed by atoms with Crippen molar-refractivity contribution in [1.82, 2.24) is 39.5 Å².